The summed E-state index contributed by atoms with van der Waals surface area (Å²) in [7, 11) is 0. The number of nitrogens with zero attached hydrogens (tertiary/aromatic N) is 4. The molecule has 0 fully saturated rings. The number of ether oxygens (including phenoxy) is 1. The summed E-state index contributed by atoms with van der Waals surface area (Å²) in [6.45, 7) is 11.1. The van der Waals surface area contributed by atoms with Crippen LogP contribution in [0.1, 0.15) is 32.0 Å². The number of benzene rings is 1. The number of aromatic nitrogens is 3. The zero-order valence-corrected chi connectivity index (χ0v) is 19.2. The topological polar surface area (TPSA) is 93.4 Å². The number of rotatable bonds is 11. The molecule has 2 aromatic heterocycles. The summed E-state index contributed by atoms with van der Waals surface area (Å²) >= 11 is 0. The van der Waals surface area contributed by atoms with Crippen LogP contribution in [0, 0.1) is 6.92 Å². The van der Waals surface area contributed by atoms with Crippen LogP contribution in [-0.2, 0) is 16.0 Å². The summed E-state index contributed by atoms with van der Waals surface area (Å²) in [6, 6.07) is 12.0. The van der Waals surface area contributed by atoms with Gasteiger partial charge in [0.2, 0.25) is 5.82 Å². The lowest BCUT2D eigenvalue weighted by Crippen LogP contribution is -2.26. The van der Waals surface area contributed by atoms with Gasteiger partial charge in [-0.05, 0) is 58.4 Å². The van der Waals surface area contributed by atoms with Gasteiger partial charge in [0.05, 0.1) is 13.2 Å². The van der Waals surface area contributed by atoms with Crippen molar-refractivity contribution in [2.24, 2.45) is 0 Å². The van der Waals surface area contributed by atoms with Crippen molar-refractivity contribution >= 4 is 11.8 Å². The second kappa shape index (κ2) is 11.4. The SMILES string of the molecule is CCOC(=O)CNCCc1ccc(-c2noc(-c3cc(C)nc(N(CC)CC)c3)n2)cc1. The maximum atomic E-state index is 11.3. The Morgan fingerprint density at radius 3 is 2.50 bits per heavy atom. The van der Waals surface area contributed by atoms with Gasteiger partial charge >= 0.3 is 5.97 Å². The fraction of sp³-hybridized carbons (Fsp3) is 0.417. The van der Waals surface area contributed by atoms with E-state index in [2.05, 4.69) is 39.2 Å². The van der Waals surface area contributed by atoms with E-state index in [0.717, 1.165) is 47.7 Å². The molecule has 170 valence electrons. The van der Waals surface area contributed by atoms with Gasteiger partial charge in [-0.1, -0.05) is 29.4 Å². The second-order valence-corrected chi connectivity index (χ2v) is 7.38. The van der Waals surface area contributed by atoms with Crippen molar-refractivity contribution in [3.05, 3.63) is 47.7 Å². The van der Waals surface area contributed by atoms with E-state index in [1.54, 1.807) is 6.92 Å². The third-order valence-electron chi connectivity index (χ3n) is 5.08. The van der Waals surface area contributed by atoms with Gasteiger partial charge in [-0.2, -0.15) is 4.98 Å². The Balaban J connectivity index is 1.65. The number of carbonyl (C=O) groups excluding carboxylic acids is 1. The van der Waals surface area contributed by atoms with Crippen molar-refractivity contribution in [2.45, 2.75) is 34.1 Å². The van der Waals surface area contributed by atoms with Crippen molar-refractivity contribution in [1.82, 2.24) is 20.4 Å². The number of carbonyl (C=O) groups is 1. The highest BCUT2D eigenvalue weighted by Crippen LogP contribution is 2.26. The Bertz CT molecular complexity index is 1010. The monoisotopic (exact) mass is 437 g/mol. The lowest BCUT2D eigenvalue weighted by molar-refractivity contribution is -0.141. The Morgan fingerprint density at radius 1 is 1.06 bits per heavy atom. The predicted octanol–water partition coefficient (Wildman–Crippen LogP) is 3.65. The first-order chi connectivity index (χ1) is 15.5. The van der Waals surface area contributed by atoms with E-state index in [-0.39, 0.29) is 12.5 Å². The molecule has 1 aromatic carbocycles. The van der Waals surface area contributed by atoms with Gasteiger partial charge in [-0.3, -0.25) is 4.79 Å². The van der Waals surface area contributed by atoms with E-state index in [1.165, 1.54) is 0 Å². The molecule has 8 nitrogen and oxygen atoms in total. The highest BCUT2D eigenvalue weighted by molar-refractivity contribution is 5.71. The average molecular weight is 438 g/mol. The van der Waals surface area contributed by atoms with Crippen LogP contribution in [0.2, 0.25) is 0 Å². The number of pyridine rings is 1. The minimum atomic E-state index is -0.232. The summed E-state index contributed by atoms with van der Waals surface area (Å²) in [4.78, 5) is 22.8. The molecule has 3 rings (SSSR count). The molecule has 8 heteroatoms. The Kier molecular flexibility index (Phi) is 8.33. The van der Waals surface area contributed by atoms with Crippen LogP contribution in [0.25, 0.3) is 22.8 Å². The van der Waals surface area contributed by atoms with Gasteiger partial charge in [0, 0.05) is 29.9 Å². The maximum Gasteiger partial charge on any atom is 0.319 e. The van der Waals surface area contributed by atoms with Crippen molar-refractivity contribution in [2.75, 3.05) is 37.7 Å². The first-order valence-corrected chi connectivity index (χ1v) is 11.1. The van der Waals surface area contributed by atoms with Crippen molar-refractivity contribution in [3.63, 3.8) is 0 Å². The highest BCUT2D eigenvalue weighted by atomic mass is 16.5. The summed E-state index contributed by atoms with van der Waals surface area (Å²) in [5.41, 5.74) is 3.81. The van der Waals surface area contributed by atoms with Crippen LogP contribution in [0.4, 0.5) is 5.82 Å². The lowest BCUT2D eigenvalue weighted by Gasteiger charge is -2.20. The maximum absolute atomic E-state index is 11.3. The third-order valence-corrected chi connectivity index (χ3v) is 5.08. The fourth-order valence-corrected chi connectivity index (χ4v) is 3.40. The zero-order valence-electron chi connectivity index (χ0n) is 19.2. The molecule has 0 aliphatic rings. The predicted molar refractivity (Wildman–Crippen MR) is 124 cm³/mol. The molecule has 0 saturated carbocycles. The van der Waals surface area contributed by atoms with Crippen molar-refractivity contribution in [3.8, 4) is 22.8 Å². The van der Waals surface area contributed by atoms with Crippen LogP contribution < -0.4 is 10.2 Å². The summed E-state index contributed by atoms with van der Waals surface area (Å²) in [6.07, 6.45) is 0.807. The molecule has 0 radical (unpaired) electrons. The lowest BCUT2D eigenvalue weighted by atomic mass is 10.1. The Labute approximate surface area is 189 Å². The molecule has 2 heterocycles. The van der Waals surface area contributed by atoms with Gasteiger partial charge in [0.1, 0.15) is 5.82 Å². The molecule has 32 heavy (non-hydrogen) atoms. The minimum Gasteiger partial charge on any atom is -0.465 e. The third kappa shape index (κ3) is 6.13. The van der Waals surface area contributed by atoms with Gasteiger partial charge in [0.25, 0.3) is 5.89 Å². The number of hydrogen-bond acceptors (Lipinski definition) is 8. The van der Waals surface area contributed by atoms with Crippen molar-refractivity contribution < 1.29 is 14.1 Å². The Hall–Kier alpha value is -3.26. The molecule has 0 aliphatic carbocycles. The first-order valence-electron chi connectivity index (χ1n) is 11.1. The van der Waals surface area contributed by atoms with Gasteiger partial charge in [-0.15, -0.1) is 0 Å². The molecule has 0 unspecified atom stereocenters. The number of anilines is 1. The highest BCUT2D eigenvalue weighted by Gasteiger charge is 2.14. The number of nitrogens with one attached hydrogen (secondary N) is 1. The molecular formula is C24H31N5O3. The summed E-state index contributed by atoms with van der Waals surface area (Å²) < 4.78 is 10.5. The molecule has 0 spiro atoms. The molecule has 0 amide bonds. The zero-order chi connectivity index (χ0) is 22.9. The quantitative estimate of drug-likeness (QED) is 0.359. The number of esters is 1. The smallest absolute Gasteiger partial charge is 0.319 e. The number of hydrogen-bond donors (Lipinski definition) is 1. The van der Waals surface area contributed by atoms with Gasteiger partial charge in [0.15, 0.2) is 0 Å². The molecular weight excluding hydrogens is 406 g/mol. The van der Waals surface area contributed by atoms with Crippen molar-refractivity contribution in [1.29, 1.82) is 0 Å². The normalized spacial score (nSPS) is 10.9. The standard InChI is InChI=1S/C24H31N5O3/c1-5-29(6-2)21-15-20(14-17(4)26-21)24-27-23(28-32-24)19-10-8-18(9-11-19)12-13-25-16-22(30)31-7-3/h8-11,14-15,25H,5-7,12-13,16H2,1-4H3. The van der Waals surface area contributed by atoms with E-state index in [4.69, 9.17) is 9.26 Å². The Morgan fingerprint density at radius 2 is 1.81 bits per heavy atom. The number of aryl methyl sites for hydroxylation is 1. The molecule has 3 aromatic rings. The van der Waals surface area contributed by atoms with Gasteiger partial charge in [-0.25, -0.2) is 4.98 Å². The first kappa shape index (κ1) is 23.4. The van der Waals surface area contributed by atoms with Crippen LogP contribution >= 0.6 is 0 Å². The fourth-order valence-electron chi connectivity index (χ4n) is 3.40. The summed E-state index contributed by atoms with van der Waals surface area (Å²) in [5, 5.41) is 7.25. The molecule has 0 saturated heterocycles. The molecule has 0 atom stereocenters. The van der Waals surface area contributed by atoms with E-state index in [1.807, 2.05) is 43.3 Å². The minimum absolute atomic E-state index is 0.224. The van der Waals surface area contributed by atoms with E-state index in [9.17, 15) is 4.79 Å². The van der Waals surface area contributed by atoms with Crippen LogP contribution in [0.3, 0.4) is 0 Å². The van der Waals surface area contributed by atoms with Gasteiger partial charge < -0.3 is 19.5 Å². The van der Waals surface area contributed by atoms with Crippen LogP contribution in [0.15, 0.2) is 40.9 Å². The van der Waals surface area contributed by atoms with Crippen LogP contribution in [0.5, 0.6) is 0 Å². The summed E-state index contributed by atoms with van der Waals surface area (Å²) in [5.74, 6) is 1.70. The van der Waals surface area contributed by atoms with E-state index < -0.39 is 0 Å². The molecule has 1 N–H and O–H groups in total. The largest absolute Gasteiger partial charge is 0.465 e. The second-order valence-electron chi connectivity index (χ2n) is 7.38. The molecule has 0 aliphatic heterocycles. The average Bonchev–Trinajstić information content (AvgIpc) is 3.28. The van der Waals surface area contributed by atoms with E-state index in [0.29, 0.717) is 24.9 Å². The van der Waals surface area contributed by atoms with Crippen LogP contribution in [-0.4, -0.2) is 53.9 Å². The molecule has 0 bridgehead atoms. The van der Waals surface area contributed by atoms with E-state index >= 15 is 0 Å².